The van der Waals surface area contributed by atoms with E-state index in [1.165, 1.54) is 22.8 Å². The minimum absolute atomic E-state index is 0.155. The van der Waals surface area contributed by atoms with Crippen molar-refractivity contribution in [3.63, 3.8) is 0 Å². The van der Waals surface area contributed by atoms with Crippen LogP contribution in [-0.2, 0) is 0 Å². The highest BCUT2D eigenvalue weighted by atomic mass is 32.1. The maximum Gasteiger partial charge on any atom is 0.416 e. The van der Waals surface area contributed by atoms with E-state index in [0.717, 1.165) is 0 Å². The van der Waals surface area contributed by atoms with E-state index < -0.39 is 11.7 Å². The molecule has 0 unspecified atom stereocenters. The number of alkyl halides is 3. The van der Waals surface area contributed by atoms with Gasteiger partial charge in [-0.05, 0) is 22.4 Å². The summed E-state index contributed by atoms with van der Waals surface area (Å²) in [6, 6.07) is 1.40. The van der Waals surface area contributed by atoms with Gasteiger partial charge in [0.25, 0.3) is 0 Å². The molecular weight excluding hydrogens is 173 g/mol. The third-order valence-corrected chi connectivity index (χ3v) is 1.90. The lowest BCUT2D eigenvalue weighted by Gasteiger charge is -2.06. The Morgan fingerprint density at radius 2 is 2.09 bits per heavy atom. The van der Waals surface area contributed by atoms with Gasteiger partial charge in [-0.25, -0.2) is 0 Å². The highest BCUT2D eigenvalue weighted by molar-refractivity contribution is 7.08. The van der Waals surface area contributed by atoms with Crippen LogP contribution in [0, 0.1) is 0 Å². The Morgan fingerprint density at radius 3 is 2.45 bits per heavy atom. The Morgan fingerprint density at radius 1 is 1.45 bits per heavy atom. The predicted molar refractivity (Wildman–Crippen MR) is 39.4 cm³/mol. The average Bonchev–Trinajstić information content (AvgIpc) is 2.34. The fourth-order valence-corrected chi connectivity index (χ4v) is 1.27. The summed E-state index contributed by atoms with van der Waals surface area (Å²) in [6.07, 6.45) is -4.30. The number of halogens is 3. The first-order chi connectivity index (χ1) is 5.02. The van der Waals surface area contributed by atoms with Gasteiger partial charge in [-0.3, -0.25) is 0 Å². The van der Waals surface area contributed by atoms with Crippen molar-refractivity contribution in [2.75, 3.05) is 0 Å². The van der Waals surface area contributed by atoms with Crippen LogP contribution in [0.3, 0.4) is 0 Å². The molecule has 0 saturated carbocycles. The van der Waals surface area contributed by atoms with Crippen LogP contribution in [0.15, 0.2) is 23.4 Å². The molecule has 0 fully saturated rings. The third-order valence-electron chi connectivity index (χ3n) is 1.21. The van der Waals surface area contributed by atoms with Gasteiger partial charge in [-0.2, -0.15) is 24.5 Å². The number of rotatable bonds is 1. The molecule has 0 aromatic carbocycles. The van der Waals surface area contributed by atoms with Crippen molar-refractivity contribution in [2.24, 2.45) is 0 Å². The van der Waals surface area contributed by atoms with Gasteiger partial charge in [0, 0.05) is 0 Å². The largest absolute Gasteiger partial charge is 0.416 e. The lowest BCUT2D eigenvalue weighted by atomic mass is 10.1. The second-order valence-corrected chi connectivity index (χ2v) is 2.77. The molecule has 11 heavy (non-hydrogen) atoms. The second-order valence-electron chi connectivity index (χ2n) is 1.99. The summed E-state index contributed by atoms with van der Waals surface area (Å²) in [5.74, 6) is 0. The van der Waals surface area contributed by atoms with Crippen molar-refractivity contribution in [1.82, 2.24) is 0 Å². The van der Waals surface area contributed by atoms with Crippen LogP contribution in [0.2, 0.25) is 0 Å². The van der Waals surface area contributed by atoms with E-state index >= 15 is 0 Å². The normalized spacial score (nSPS) is 11.5. The Kier molecular flexibility index (Phi) is 2.04. The number of allylic oxidation sites excluding steroid dienone is 1. The average molecular weight is 178 g/mol. The van der Waals surface area contributed by atoms with E-state index in [4.69, 9.17) is 0 Å². The number of hydrogen-bond donors (Lipinski definition) is 0. The molecule has 0 saturated heterocycles. The summed E-state index contributed by atoms with van der Waals surface area (Å²) < 4.78 is 35.8. The third kappa shape index (κ3) is 1.83. The van der Waals surface area contributed by atoms with Gasteiger partial charge in [-0.1, -0.05) is 6.58 Å². The molecule has 0 N–H and O–H groups in total. The Labute approximate surface area is 66.0 Å². The molecule has 60 valence electrons. The molecule has 0 nitrogen and oxygen atoms in total. The summed E-state index contributed by atoms with van der Waals surface area (Å²) in [5, 5.41) is 3.02. The molecule has 0 spiro atoms. The van der Waals surface area contributed by atoms with Crippen LogP contribution >= 0.6 is 11.3 Å². The molecule has 0 aliphatic heterocycles. The molecule has 0 aliphatic rings. The molecule has 0 atom stereocenters. The van der Waals surface area contributed by atoms with Gasteiger partial charge in [0.05, 0.1) is 5.57 Å². The van der Waals surface area contributed by atoms with Crippen molar-refractivity contribution in [2.45, 2.75) is 6.18 Å². The van der Waals surface area contributed by atoms with Gasteiger partial charge >= 0.3 is 6.18 Å². The van der Waals surface area contributed by atoms with E-state index in [0.29, 0.717) is 0 Å². The van der Waals surface area contributed by atoms with Gasteiger partial charge in [0.2, 0.25) is 0 Å². The maximum atomic E-state index is 11.9. The van der Waals surface area contributed by atoms with E-state index in [2.05, 4.69) is 6.58 Å². The Balaban J connectivity index is 2.88. The van der Waals surface area contributed by atoms with Gasteiger partial charge in [0.15, 0.2) is 0 Å². The van der Waals surface area contributed by atoms with Crippen molar-refractivity contribution >= 4 is 16.9 Å². The zero-order valence-corrected chi connectivity index (χ0v) is 6.30. The first-order valence-corrected chi connectivity index (χ1v) is 3.75. The fourth-order valence-electron chi connectivity index (χ4n) is 0.600. The quantitative estimate of drug-likeness (QED) is 0.618. The molecule has 1 aromatic heterocycles. The van der Waals surface area contributed by atoms with E-state index in [1.807, 2.05) is 0 Å². The van der Waals surface area contributed by atoms with Crippen molar-refractivity contribution in [3.8, 4) is 0 Å². The molecule has 0 bridgehead atoms. The van der Waals surface area contributed by atoms with Gasteiger partial charge in [-0.15, -0.1) is 0 Å². The van der Waals surface area contributed by atoms with E-state index in [9.17, 15) is 13.2 Å². The summed E-state index contributed by atoms with van der Waals surface area (Å²) in [4.78, 5) is 0. The molecule has 4 heteroatoms. The number of hydrogen-bond acceptors (Lipinski definition) is 1. The summed E-state index contributed by atoms with van der Waals surface area (Å²) in [6.45, 7) is 2.95. The lowest BCUT2D eigenvalue weighted by molar-refractivity contribution is -0.0686. The van der Waals surface area contributed by atoms with Gasteiger partial charge in [0.1, 0.15) is 0 Å². The maximum absolute atomic E-state index is 11.9. The zero-order chi connectivity index (χ0) is 8.48. The molecule has 1 rings (SSSR count). The van der Waals surface area contributed by atoms with Crippen molar-refractivity contribution < 1.29 is 13.2 Å². The zero-order valence-electron chi connectivity index (χ0n) is 5.48. The topological polar surface area (TPSA) is 0 Å². The molecule has 0 amide bonds. The molecule has 0 aliphatic carbocycles. The highest BCUT2D eigenvalue weighted by Crippen LogP contribution is 2.32. The standard InChI is InChI=1S/C7H5F3S/c1-5(7(8,9)10)6-2-3-11-4-6/h2-4H,1H2. The SMILES string of the molecule is C=C(c1ccsc1)C(F)(F)F. The lowest BCUT2D eigenvalue weighted by Crippen LogP contribution is -2.08. The first kappa shape index (κ1) is 8.33. The number of thiophene rings is 1. The minimum Gasteiger partial charge on any atom is -0.166 e. The summed E-state index contributed by atoms with van der Waals surface area (Å²) in [7, 11) is 0. The van der Waals surface area contributed by atoms with Crippen LogP contribution in [0.25, 0.3) is 5.57 Å². The van der Waals surface area contributed by atoms with Crippen LogP contribution in [0.1, 0.15) is 5.56 Å². The predicted octanol–water partition coefficient (Wildman–Crippen LogP) is 3.32. The van der Waals surface area contributed by atoms with E-state index in [-0.39, 0.29) is 5.56 Å². The van der Waals surface area contributed by atoms with Crippen LogP contribution in [0.5, 0.6) is 0 Å². The minimum atomic E-state index is -4.30. The van der Waals surface area contributed by atoms with Crippen LogP contribution in [-0.4, -0.2) is 6.18 Å². The summed E-state index contributed by atoms with van der Waals surface area (Å²) >= 11 is 1.22. The first-order valence-electron chi connectivity index (χ1n) is 2.80. The van der Waals surface area contributed by atoms with Crippen molar-refractivity contribution in [3.05, 3.63) is 29.0 Å². The Hall–Kier alpha value is -0.770. The Bertz CT molecular complexity index is 245. The smallest absolute Gasteiger partial charge is 0.166 e. The molecule has 0 radical (unpaired) electrons. The van der Waals surface area contributed by atoms with Gasteiger partial charge < -0.3 is 0 Å². The monoisotopic (exact) mass is 178 g/mol. The van der Waals surface area contributed by atoms with Crippen molar-refractivity contribution in [1.29, 1.82) is 0 Å². The fraction of sp³-hybridized carbons (Fsp3) is 0.143. The van der Waals surface area contributed by atoms with Crippen LogP contribution < -0.4 is 0 Å². The van der Waals surface area contributed by atoms with Crippen LogP contribution in [0.4, 0.5) is 13.2 Å². The molecular formula is C7H5F3S. The summed E-state index contributed by atoms with van der Waals surface area (Å²) in [5.41, 5.74) is -0.624. The molecule has 1 aromatic rings. The second kappa shape index (κ2) is 2.70. The molecule has 1 heterocycles. The van der Waals surface area contributed by atoms with E-state index in [1.54, 1.807) is 5.38 Å². The highest BCUT2D eigenvalue weighted by Gasteiger charge is 2.32.